The molecule has 8 heteroatoms. The van der Waals surface area contributed by atoms with E-state index in [-0.39, 0.29) is 17.3 Å². The van der Waals surface area contributed by atoms with Gasteiger partial charge in [-0.3, -0.25) is 9.78 Å². The Labute approximate surface area is 123 Å². The molecule has 3 rings (SSSR count). The van der Waals surface area contributed by atoms with Crippen LogP contribution in [-0.2, 0) is 12.8 Å². The van der Waals surface area contributed by atoms with Gasteiger partial charge < -0.3 is 10.3 Å². The molecule has 0 aliphatic carbocycles. The summed E-state index contributed by atoms with van der Waals surface area (Å²) in [5, 5.41) is 0.651. The summed E-state index contributed by atoms with van der Waals surface area (Å²) in [6, 6.07) is 6.26. The molecule has 0 radical (unpaired) electrons. The number of aryl methyl sites for hydroxylation is 1. The van der Waals surface area contributed by atoms with E-state index < -0.39 is 0 Å². The van der Waals surface area contributed by atoms with Crippen molar-refractivity contribution < 1.29 is 4.39 Å². The molecule has 108 valence electrons. The minimum absolute atomic E-state index is 0.0423. The van der Waals surface area contributed by atoms with E-state index in [1.165, 1.54) is 23.9 Å². The van der Waals surface area contributed by atoms with Crippen molar-refractivity contribution in [2.45, 2.75) is 10.9 Å². The van der Waals surface area contributed by atoms with Gasteiger partial charge in [0.1, 0.15) is 5.82 Å². The molecule has 0 aliphatic rings. The molecule has 3 N–H and O–H groups in total. The Hall–Kier alpha value is -2.35. The second-order valence-corrected chi connectivity index (χ2v) is 5.43. The number of anilines is 1. The van der Waals surface area contributed by atoms with Crippen molar-refractivity contribution in [2.75, 3.05) is 5.73 Å². The number of aromatic nitrogens is 4. The number of imidazole rings is 1. The van der Waals surface area contributed by atoms with Gasteiger partial charge in [-0.05, 0) is 17.7 Å². The number of hydrogen-bond acceptors (Lipinski definition) is 5. The number of aromatic amines is 1. The van der Waals surface area contributed by atoms with E-state index in [4.69, 9.17) is 5.73 Å². The SMILES string of the molecule is Cn1c(SCc2ccc(F)cc2)nc2nc(N)[nH]c(=O)c21. The normalized spacial score (nSPS) is 11.1. The number of fused-ring (bicyclic) bond motifs is 1. The molecule has 0 spiro atoms. The van der Waals surface area contributed by atoms with E-state index in [0.717, 1.165) is 5.56 Å². The van der Waals surface area contributed by atoms with Crippen molar-refractivity contribution in [1.29, 1.82) is 0 Å². The van der Waals surface area contributed by atoms with Gasteiger partial charge in [-0.25, -0.2) is 9.37 Å². The van der Waals surface area contributed by atoms with Crippen LogP contribution in [0.2, 0.25) is 0 Å². The third-order valence-corrected chi connectivity index (χ3v) is 4.10. The first-order chi connectivity index (χ1) is 10.0. The second-order valence-electron chi connectivity index (χ2n) is 4.49. The maximum Gasteiger partial charge on any atom is 0.278 e. The van der Waals surface area contributed by atoms with Gasteiger partial charge in [0.15, 0.2) is 16.3 Å². The highest BCUT2D eigenvalue weighted by molar-refractivity contribution is 7.98. The summed E-state index contributed by atoms with van der Waals surface area (Å²) in [4.78, 5) is 22.6. The number of hydrogen-bond donors (Lipinski definition) is 2. The smallest absolute Gasteiger partial charge is 0.278 e. The van der Waals surface area contributed by atoms with Gasteiger partial charge in [0.05, 0.1) is 0 Å². The van der Waals surface area contributed by atoms with Crippen LogP contribution < -0.4 is 11.3 Å². The first kappa shape index (κ1) is 13.6. The van der Waals surface area contributed by atoms with E-state index in [2.05, 4.69) is 15.0 Å². The van der Waals surface area contributed by atoms with Crippen LogP contribution in [0, 0.1) is 5.82 Å². The van der Waals surface area contributed by atoms with Gasteiger partial charge in [-0.15, -0.1) is 0 Å². The Morgan fingerprint density at radius 2 is 2.05 bits per heavy atom. The molecule has 2 heterocycles. The Balaban J connectivity index is 1.91. The van der Waals surface area contributed by atoms with Gasteiger partial charge in [0.25, 0.3) is 5.56 Å². The largest absolute Gasteiger partial charge is 0.369 e. The number of nitrogen functional groups attached to an aromatic ring is 1. The molecule has 0 atom stereocenters. The van der Waals surface area contributed by atoms with Crippen molar-refractivity contribution in [2.24, 2.45) is 7.05 Å². The molecule has 2 aromatic heterocycles. The maximum absolute atomic E-state index is 12.9. The zero-order chi connectivity index (χ0) is 15.0. The van der Waals surface area contributed by atoms with E-state index >= 15 is 0 Å². The summed E-state index contributed by atoms with van der Waals surface area (Å²) in [7, 11) is 1.75. The minimum Gasteiger partial charge on any atom is -0.369 e. The Morgan fingerprint density at radius 1 is 1.33 bits per heavy atom. The summed E-state index contributed by atoms with van der Waals surface area (Å²) in [5.74, 6) is 0.392. The molecule has 0 unspecified atom stereocenters. The number of H-pyrrole nitrogens is 1. The molecule has 0 fully saturated rings. The van der Waals surface area contributed by atoms with Gasteiger partial charge in [0, 0.05) is 12.8 Å². The average molecular weight is 305 g/mol. The lowest BCUT2D eigenvalue weighted by molar-refractivity contribution is 0.627. The molecular formula is C13H12FN5OS. The van der Waals surface area contributed by atoms with E-state index in [0.29, 0.717) is 22.1 Å². The summed E-state index contributed by atoms with van der Waals surface area (Å²) in [6.07, 6.45) is 0. The van der Waals surface area contributed by atoms with Gasteiger partial charge >= 0.3 is 0 Å². The lowest BCUT2D eigenvalue weighted by Gasteiger charge is -2.02. The Morgan fingerprint density at radius 3 is 2.76 bits per heavy atom. The third-order valence-electron chi connectivity index (χ3n) is 3.00. The molecule has 0 bridgehead atoms. The fourth-order valence-corrected chi connectivity index (χ4v) is 2.90. The summed E-state index contributed by atoms with van der Waals surface area (Å²) >= 11 is 1.44. The summed E-state index contributed by atoms with van der Waals surface area (Å²) in [6.45, 7) is 0. The van der Waals surface area contributed by atoms with Crippen molar-refractivity contribution in [3.05, 3.63) is 46.0 Å². The zero-order valence-corrected chi connectivity index (χ0v) is 11.9. The van der Waals surface area contributed by atoms with Crippen LogP contribution in [0.15, 0.2) is 34.2 Å². The molecule has 21 heavy (non-hydrogen) atoms. The molecule has 0 saturated carbocycles. The minimum atomic E-state index is -0.318. The van der Waals surface area contributed by atoms with Crippen LogP contribution in [0.4, 0.5) is 10.3 Å². The van der Waals surface area contributed by atoms with Crippen molar-refractivity contribution in [3.8, 4) is 0 Å². The first-order valence-electron chi connectivity index (χ1n) is 6.14. The number of nitrogens with one attached hydrogen (secondary N) is 1. The molecule has 0 amide bonds. The topological polar surface area (TPSA) is 89.6 Å². The lowest BCUT2D eigenvalue weighted by Crippen LogP contribution is -2.13. The number of halogens is 1. The third kappa shape index (κ3) is 2.62. The highest BCUT2D eigenvalue weighted by atomic mass is 32.2. The van der Waals surface area contributed by atoms with Crippen LogP contribution in [0.5, 0.6) is 0 Å². The summed E-state index contributed by atoms with van der Waals surface area (Å²) in [5.41, 5.74) is 6.85. The Bertz CT molecular complexity index is 855. The van der Waals surface area contributed by atoms with Crippen LogP contribution >= 0.6 is 11.8 Å². The maximum atomic E-state index is 12.9. The van der Waals surface area contributed by atoms with Gasteiger partial charge in [-0.2, -0.15) is 4.98 Å². The fraction of sp³-hybridized carbons (Fsp3) is 0.154. The molecule has 1 aromatic carbocycles. The fourth-order valence-electron chi connectivity index (χ4n) is 1.97. The van der Waals surface area contributed by atoms with Crippen molar-refractivity contribution in [3.63, 3.8) is 0 Å². The second kappa shape index (κ2) is 5.21. The number of rotatable bonds is 3. The first-order valence-corrected chi connectivity index (χ1v) is 7.12. The van der Waals surface area contributed by atoms with Crippen molar-refractivity contribution >= 4 is 28.9 Å². The number of thioether (sulfide) groups is 1. The molecular weight excluding hydrogens is 293 g/mol. The van der Waals surface area contributed by atoms with Crippen LogP contribution in [0.25, 0.3) is 11.2 Å². The average Bonchev–Trinajstić information content (AvgIpc) is 2.74. The highest BCUT2D eigenvalue weighted by Gasteiger charge is 2.13. The standard InChI is InChI=1S/C13H12FN5OS/c1-19-9-10(16-12(15)18-11(9)20)17-13(19)21-6-7-2-4-8(14)5-3-7/h2-5H,6H2,1H3,(H3,15,16,18,20). The van der Waals surface area contributed by atoms with Crippen LogP contribution in [0.3, 0.4) is 0 Å². The molecule has 3 aromatic rings. The summed E-state index contributed by atoms with van der Waals surface area (Å²) < 4.78 is 14.5. The number of benzene rings is 1. The highest BCUT2D eigenvalue weighted by Crippen LogP contribution is 2.23. The quantitative estimate of drug-likeness (QED) is 0.718. The molecule has 6 nitrogen and oxygen atoms in total. The predicted molar refractivity (Wildman–Crippen MR) is 79.5 cm³/mol. The predicted octanol–water partition coefficient (Wildman–Crippen LogP) is 1.67. The van der Waals surface area contributed by atoms with E-state index in [1.807, 2.05) is 0 Å². The lowest BCUT2D eigenvalue weighted by atomic mass is 10.2. The Kier molecular flexibility index (Phi) is 3.38. The van der Waals surface area contributed by atoms with Crippen LogP contribution in [0.1, 0.15) is 5.56 Å². The molecule has 0 aliphatic heterocycles. The van der Waals surface area contributed by atoms with E-state index in [9.17, 15) is 9.18 Å². The zero-order valence-electron chi connectivity index (χ0n) is 11.1. The number of nitrogens with zero attached hydrogens (tertiary/aromatic N) is 3. The van der Waals surface area contributed by atoms with Gasteiger partial charge in [-0.1, -0.05) is 23.9 Å². The van der Waals surface area contributed by atoms with Crippen molar-refractivity contribution in [1.82, 2.24) is 19.5 Å². The monoisotopic (exact) mass is 305 g/mol. The van der Waals surface area contributed by atoms with E-state index in [1.54, 1.807) is 23.7 Å². The van der Waals surface area contributed by atoms with Gasteiger partial charge in [0.2, 0.25) is 5.95 Å². The number of nitrogens with two attached hydrogens (primary N) is 1. The van der Waals surface area contributed by atoms with Crippen LogP contribution in [-0.4, -0.2) is 19.5 Å². The molecule has 0 saturated heterocycles.